The van der Waals surface area contributed by atoms with Gasteiger partial charge in [0.05, 0.1) is 17.1 Å². The summed E-state index contributed by atoms with van der Waals surface area (Å²) in [5, 5.41) is 9.15. The minimum absolute atomic E-state index is 0.171. The molecule has 1 aliphatic rings. The summed E-state index contributed by atoms with van der Waals surface area (Å²) in [6.07, 6.45) is 4.57. The van der Waals surface area contributed by atoms with Crippen molar-refractivity contribution in [1.82, 2.24) is 14.5 Å². The summed E-state index contributed by atoms with van der Waals surface area (Å²) < 4.78 is 27.6. The Hall–Kier alpha value is -1.70. The van der Waals surface area contributed by atoms with E-state index in [4.69, 9.17) is 0 Å². The van der Waals surface area contributed by atoms with Crippen molar-refractivity contribution in [3.8, 4) is 0 Å². The fraction of sp³-hybridized carbons (Fsp3) is 0.571. The Labute approximate surface area is 168 Å². The van der Waals surface area contributed by atoms with Crippen LogP contribution in [0.3, 0.4) is 0 Å². The first kappa shape index (κ1) is 21.0. The van der Waals surface area contributed by atoms with Crippen LogP contribution in [0.15, 0.2) is 41.7 Å². The Morgan fingerprint density at radius 2 is 2.00 bits per heavy atom. The summed E-state index contributed by atoms with van der Waals surface area (Å²) in [7, 11) is -3.45. The van der Waals surface area contributed by atoms with Gasteiger partial charge in [0.15, 0.2) is 0 Å². The number of aliphatic hydroxyl groups excluding tert-OH is 1. The van der Waals surface area contributed by atoms with E-state index in [1.807, 2.05) is 22.8 Å². The van der Waals surface area contributed by atoms with Gasteiger partial charge in [-0.05, 0) is 51.1 Å². The van der Waals surface area contributed by atoms with E-state index >= 15 is 0 Å². The van der Waals surface area contributed by atoms with Gasteiger partial charge in [-0.15, -0.1) is 0 Å². The molecule has 1 fully saturated rings. The van der Waals surface area contributed by atoms with Crippen molar-refractivity contribution in [2.24, 2.45) is 5.92 Å². The SMILES string of the molecule is CC(C)S(=O)(=O)c1ncc(CN2CCCC(CO)C2)n1CCc1ccccc1. The molecule has 1 aromatic heterocycles. The van der Waals surface area contributed by atoms with Gasteiger partial charge in [-0.3, -0.25) is 4.90 Å². The molecule has 0 radical (unpaired) electrons. The number of aliphatic hydroxyl groups is 1. The van der Waals surface area contributed by atoms with E-state index < -0.39 is 15.1 Å². The van der Waals surface area contributed by atoms with E-state index in [1.54, 1.807) is 20.0 Å². The molecular formula is C21H31N3O3S. The van der Waals surface area contributed by atoms with Gasteiger partial charge in [0.1, 0.15) is 0 Å². The van der Waals surface area contributed by atoms with E-state index in [0.717, 1.165) is 38.0 Å². The second-order valence-corrected chi connectivity index (χ2v) is 10.3. The normalized spacial score (nSPS) is 18.6. The molecule has 0 spiro atoms. The van der Waals surface area contributed by atoms with Crippen molar-refractivity contribution in [3.63, 3.8) is 0 Å². The number of sulfone groups is 1. The van der Waals surface area contributed by atoms with Crippen molar-refractivity contribution >= 4 is 9.84 Å². The molecule has 1 saturated heterocycles. The van der Waals surface area contributed by atoms with E-state index in [0.29, 0.717) is 19.0 Å². The predicted octanol–water partition coefficient (Wildman–Crippen LogP) is 2.51. The molecule has 154 valence electrons. The predicted molar refractivity (Wildman–Crippen MR) is 110 cm³/mol. The summed E-state index contributed by atoms with van der Waals surface area (Å²) in [4.78, 5) is 6.62. The number of piperidine rings is 1. The summed E-state index contributed by atoms with van der Waals surface area (Å²) in [5.41, 5.74) is 2.10. The maximum atomic E-state index is 12.8. The number of benzene rings is 1. The monoisotopic (exact) mass is 405 g/mol. The molecule has 1 aliphatic heterocycles. The van der Waals surface area contributed by atoms with Crippen molar-refractivity contribution < 1.29 is 13.5 Å². The second-order valence-electron chi connectivity index (χ2n) is 7.94. The zero-order chi connectivity index (χ0) is 20.1. The lowest BCUT2D eigenvalue weighted by molar-refractivity contribution is 0.114. The summed E-state index contributed by atoms with van der Waals surface area (Å²) >= 11 is 0. The van der Waals surface area contributed by atoms with Crippen LogP contribution in [0.4, 0.5) is 0 Å². The molecule has 0 saturated carbocycles. The number of aromatic nitrogens is 2. The largest absolute Gasteiger partial charge is 0.396 e. The lowest BCUT2D eigenvalue weighted by Gasteiger charge is -2.31. The van der Waals surface area contributed by atoms with E-state index in [9.17, 15) is 13.5 Å². The maximum absolute atomic E-state index is 12.8. The first-order valence-electron chi connectivity index (χ1n) is 10.1. The molecule has 1 aromatic carbocycles. The van der Waals surface area contributed by atoms with Crippen LogP contribution in [-0.4, -0.2) is 52.9 Å². The topological polar surface area (TPSA) is 75.4 Å². The van der Waals surface area contributed by atoms with Gasteiger partial charge >= 0.3 is 0 Å². The number of hydrogen-bond acceptors (Lipinski definition) is 5. The number of imidazole rings is 1. The Morgan fingerprint density at radius 1 is 1.25 bits per heavy atom. The van der Waals surface area contributed by atoms with Crippen molar-refractivity contribution in [2.45, 2.75) is 56.6 Å². The molecule has 28 heavy (non-hydrogen) atoms. The molecule has 1 unspecified atom stereocenters. The molecule has 2 heterocycles. The Morgan fingerprint density at radius 3 is 2.68 bits per heavy atom. The minimum Gasteiger partial charge on any atom is -0.396 e. The lowest BCUT2D eigenvalue weighted by Crippen LogP contribution is -2.37. The molecule has 3 rings (SSSR count). The fourth-order valence-corrected chi connectivity index (χ4v) is 4.89. The second kappa shape index (κ2) is 9.20. The average molecular weight is 406 g/mol. The molecule has 0 bridgehead atoms. The van der Waals surface area contributed by atoms with Crippen LogP contribution in [0.25, 0.3) is 0 Å². The third kappa shape index (κ3) is 4.82. The van der Waals surface area contributed by atoms with Gasteiger partial charge in [0.2, 0.25) is 15.0 Å². The smallest absolute Gasteiger partial charge is 0.228 e. The molecule has 2 aromatic rings. The Balaban J connectivity index is 1.85. The third-order valence-electron chi connectivity index (χ3n) is 5.49. The van der Waals surface area contributed by atoms with Gasteiger partial charge < -0.3 is 9.67 Å². The highest BCUT2D eigenvalue weighted by atomic mass is 32.2. The van der Waals surface area contributed by atoms with Gasteiger partial charge in [0, 0.05) is 26.2 Å². The van der Waals surface area contributed by atoms with E-state index in [1.165, 1.54) is 5.56 Å². The van der Waals surface area contributed by atoms with E-state index in [2.05, 4.69) is 22.0 Å². The lowest BCUT2D eigenvalue weighted by atomic mass is 9.99. The standard InChI is InChI=1S/C21H31N3O3S/c1-17(2)28(26,27)21-22-13-20(15-23-11-6-9-19(14-23)16-25)24(21)12-10-18-7-4-3-5-8-18/h3-5,7-8,13,17,19,25H,6,9-12,14-16H2,1-2H3. The van der Waals surface area contributed by atoms with Gasteiger partial charge in [-0.2, -0.15) is 0 Å². The van der Waals surface area contributed by atoms with Crippen LogP contribution in [0, 0.1) is 5.92 Å². The van der Waals surface area contributed by atoms with Crippen molar-refractivity contribution in [3.05, 3.63) is 47.8 Å². The van der Waals surface area contributed by atoms with Crippen molar-refractivity contribution in [1.29, 1.82) is 0 Å². The molecular weight excluding hydrogens is 374 g/mol. The first-order valence-corrected chi connectivity index (χ1v) is 11.6. The summed E-state index contributed by atoms with van der Waals surface area (Å²) in [6.45, 7) is 6.64. The third-order valence-corrected chi connectivity index (χ3v) is 7.57. The fourth-order valence-electron chi connectivity index (χ4n) is 3.75. The van der Waals surface area contributed by atoms with Crippen LogP contribution in [0.2, 0.25) is 0 Å². The number of aryl methyl sites for hydroxylation is 1. The summed E-state index contributed by atoms with van der Waals surface area (Å²) in [6, 6.07) is 10.1. The zero-order valence-electron chi connectivity index (χ0n) is 16.8. The maximum Gasteiger partial charge on any atom is 0.228 e. The molecule has 0 amide bonds. The van der Waals surface area contributed by atoms with Crippen LogP contribution >= 0.6 is 0 Å². The summed E-state index contributed by atoms with van der Waals surface area (Å²) in [5.74, 6) is 0.299. The van der Waals surface area contributed by atoms with Crippen LogP contribution in [0.5, 0.6) is 0 Å². The number of likely N-dealkylation sites (tertiary alicyclic amines) is 1. The van der Waals surface area contributed by atoms with Gasteiger partial charge in [-0.25, -0.2) is 13.4 Å². The quantitative estimate of drug-likeness (QED) is 0.730. The van der Waals surface area contributed by atoms with E-state index in [-0.39, 0.29) is 11.8 Å². The van der Waals surface area contributed by atoms with Crippen LogP contribution < -0.4 is 0 Å². The van der Waals surface area contributed by atoms with Crippen LogP contribution in [-0.2, 0) is 29.3 Å². The highest BCUT2D eigenvalue weighted by Gasteiger charge is 2.28. The molecule has 7 heteroatoms. The minimum atomic E-state index is -3.45. The number of rotatable bonds is 8. The van der Waals surface area contributed by atoms with Gasteiger partial charge in [-0.1, -0.05) is 30.3 Å². The number of hydrogen-bond donors (Lipinski definition) is 1. The molecule has 1 N–H and O–H groups in total. The van der Waals surface area contributed by atoms with Gasteiger partial charge in [0.25, 0.3) is 0 Å². The Bertz CT molecular complexity index is 862. The Kier molecular flexibility index (Phi) is 6.91. The zero-order valence-corrected chi connectivity index (χ0v) is 17.6. The van der Waals surface area contributed by atoms with Crippen LogP contribution in [0.1, 0.15) is 37.9 Å². The molecule has 0 aliphatic carbocycles. The average Bonchev–Trinajstić information content (AvgIpc) is 3.10. The molecule has 6 nitrogen and oxygen atoms in total. The molecule has 1 atom stereocenters. The highest BCUT2D eigenvalue weighted by Crippen LogP contribution is 2.22. The van der Waals surface area contributed by atoms with Crippen molar-refractivity contribution in [2.75, 3.05) is 19.7 Å². The highest BCUT2D eigenvalue weighted by molar-refractivity contribution is 7.91. The first-order chi connectivity index (χ1) is 13.4. The number of nitrogens with zero attached hydrogens (tertiary/aromatic N) is 3.